The summed E-state index contributed by atoms with van der Waals surface area (Å²) in [7, 11) is 0. The highest BCUT2D eigenvalue weighted by Gasteiger charge is 1.81. The molecule has 0 aromatic carbocycles. The van der Waals surface area contributed by atoms with Gasteiger partial charge in [0, 0.05) is 19.0 Å². The van der Waals surface area contributed by atoms with E-state index in [2.05, 4.69) is 4.98 Å². The van der Waals surface area contributed by atoms with Crippen LogP contribution in [0.15, 0.2) is 30.6 Å². The first kappa shape index (κ1) is 7.95. The van der Waals surface area contributed by atoms with Gasteiger partial charge < -0.3 is 5.11 Å². The molecular formula is C9H11NO. The standard InChI is InChI=1S/C9H11NO/c11-7-2-1-4-9-5-3-6-10-8-9/h1,3-6,8,11H,2,7H2. The minimum absolute atomic E-state index is 0.205. The Morgan fingerprint density at radius 3 is 3.09 bits per heavy atom. The van der Waals surface area contributed by atoms with Crippen LogP contribution >= 0.6 is 0 Å². The fourth-order valence-electron chi connectivity index (χ4n) is 0.769. The molecule has 0 spiro atoms. The highest BCUT2D eigenvalue weighted by Crippen LogP contribution is 1.98. The van der Waals surface area contributed by atoms with E-state index in [1.165, 1.54) is 0 Å². The van der Waals surface area contributed by atoms with E-state index in [1.807, 2.05) is 24.3 Å². The minimum atomic E-state index is 0.205. The van der Waals surface area contributed by atoms with E-state index in [1.54, 1.807) is 12.4 Å². The summed E-state index contributed by atoms with van der Waals surface area (Å²) in [5, 5.41) is 8.48. The number of nitrogens with zero attached hydrogens (tertiary/aromatic N) is 1. The van der Waals surface area contributed by atoms with Crippen molar-refractivity contribution >= 4 is 6.08 Å². The van der Waals surface area contributed by atoms with E-state index in [0.29, 0.717) is 6.42 Å². The summed E-state index contributed by atoms with van der Waals surface area (Å²) in [6, 6.07) is 3.86. The number of aliphatic hydroxyl groups excluding tert-OH is 1. The Kier molecular flexibility index (Phi) is 3.35. The van der Waals surface area contributed by atoms with Crippen LogP contribution in [-0.2, 0) is 0 Å². The molecule has 0 saturated carbocycles. The molecule has 2 heteroatoms. The predicted octanol–water partition coefficient (Wildman–Crippen LogP) is 1.48. The molecule has 0 unspecified atom stereocenters. The van der Waals surface area contributed by atoms with Crippen LogP contribution in [0.2, 0.25) is 0 Å². The first-order valence-corrected chi connectivity index (χ1v) is 3.61. The number of aromatic nitrogens is 1. The molecule has 11 heavy (non-hydrogen) atoms. The van der Waals surface area contributed by atoms with E-state index in [-0.39, 0.29) is 6.61 Å². The molecule has 0 radical (unpaired) electrons. The molecule has 2 nitrogen and oxygen atoms in total. The average Bonchev–Trinajstić information content (AvgIpc) is 2.07. The van der Waals surface area contributed by atoms with Crippen LogP contribution in [0.3, 0.4) is 0 Å². The number of pyridine rings is 1. The van der Waals surface area contributed by atoms with Gasteiger partial charge in [-0.1, -0.05) is 18.2 Å². The summed E-state index contributed by atoms with van der Waals surface area (Å²) in [6.07, 6.45) is 8.10. The molecule has 0 saturated heterocycles. The number of aliphatic hydroxyl groups is 1. The Labute approximate surface area is 66.2 Å². The predicted molar refractivity (Wildman–Crippen MR) is 45.0 cm³/mol. The monoisotopic (exact) mass is 149 g/mol. The van der Waals surface area contributed by atoms with Gasteiger partial charge in [0.2, 0.25) is 0 Å². The normalized spacial score (nSPS) is 10.6. The highest BCUT2D eigenvalue weighted by atomic mass is 16.2. The van der Waals surface area contributed by atoms with E-state index >= 15 is 0 Å². The van der Waals surface area contributed by atoms with Crippen LogP contribution in [0.5, 0.6) is 0 Å². The third-order valence-corrected chi connectivity index (χ3v) is 1.29. The van der Waals surface area contributed by atoms with E-state index < -0.39 is 0 Å². The molecule has 0 aliphatic rings. The van der Waals surface area contributed by atoms with Gasteiger partial charge >= 0.3 is 0 Å². The fraction of sp³-hybridized carbons (Fsp3) is 0.222. The van der Waals surface area contributed by atoms with Crippen molar-refractivity contribution in [2.45, 2.75) is 6.42 Å². The molecule has 1 aromatic heterocycles. The molecule has 0 bridgehead atoms. The quantitative estimate of drug-likeness (QED) is 0.706. The van der Waals surface area contributed by atoms with Crippen molar-refractivity contribution in [3.8, 4) is 0 Å². The maximum atomic E-state index is 8.48. The SMILES string of the molecule is OCCC=Cc1cccnc1. The first-order chi connectivity index (χ1) is 5.43. The van der Waals surface area contributed by atoms with Gasteiger partial charge in [-0.2, -0.15) is 0 Å². The molecule has 1 rings (SSSR count). The minimum Gasteiger partial charge on any atom is -0.396 e. The van der Waals surface area contributed by atoms with E-state index in [0.717, 1.165) is 5.56 Å². The lowest BCUT2D eigenvalue weighted by Crippen LogP contribution is -1.76. The summed E-state index contributed by atoms with van der Waals surface area (Å²) in [5.41, 5.74) is 1.07. The van der Waals surface area contributed by atoms with Gasteiger partial charge in [-0.3, -0.25) is 4.98 Å². The Morgan fingerprint density at radius 1 is 1.55 bits per heavy atom. The van der Waals surface area contributed by atoms with Gasteiger partial charge in [-0.15, -0.1) is 0 Å². The van der Waals surface area contributed by atoms with Crippen molar-refractivity contribution in [2.75, 3.05) is 6.61 Å². The molecule has 1 aromatic rings. The number of rotatable bonds is 3. The van der Waals surface area contributed by atoms with Crippen LogP contribution < -0.4 is 0 Å². The van der Waals surface area contributed by atoms with Crippen LogP contribution in [0.4, 0.5) is 0 Å². The average molecular weight is 149 g/mol. The molecule has 1 N–H and O–H groups in total. The van der Waals surface area contributed by atoms with E-state index in [4.69, 9.17) is 5.11 Å². The van der Waals surface area contributed by atoms with Crippen molar-refractivity contribution in [1.82, 2.24) is 4.98 Å². The van der Waals surface area contributed by atoms with Gasteiger partial charge in [0.1, 0.15) is 0 Å². The topological polar surface area (TPSA) is 33.1 Å². The lowest BCUT2D eigenvalue weighted by molar-refractivity contribution is 0.303. The third-order valence-electron chi connectivity index (χ3n) is 1.29. The van der Waals surface area contributed by atoms with Crippen molar-refractivity contribution in [1.29, 1.82) is 0 Å². The molecule has 58 valence electrons. The first-order valence-electron chi connectivity index (χ1n) is 3.61. The zero-order chi connectivity index (χ0) is 7.94. The summed E-state index contributed by atoms with van der Waals surface area (Å²) >= 11 is 0. The van der Waals surface area contributed by atoms with Crippen molar-refractivity contribution in [3.63, 3.8) is 0 Å². The van der Waals surface area contributed by atoms with Crippen LogP contribution in [0.25, 0.3) is 6.08 Å². The second-order valence-electron chi connectivity index (χ2n) is 2.20. The van der Waals surface area contributed by atoms with Gasteiger partial charge in [-0.25, -0.2) is 0 Å². The van der Waals surface area contributed by atoms with Gasteiger partial charge in [0.15, 0.2) is 0 Å². The molecule has 0 amide bonds. The van der Waals surface area contributed by atoms with Crippen LogP contribution in [-0.4, -0.2) is 16.7 Å². The zero-order valence-corrected chi connectivity index (χ0v) is 6.27. The Bertz CT molecular complexity index is 218. The zero-order valence-electron chi connectivity index (χ0n) is 6.27. The maximum Gasteiger partial charge on any atom is 0.0465 e. The third kappa shape index (κ3) is 2.96. The molecule has 0 aliphatic carbocycles. The van der Waals surface area contributed by atoms with Gasteiger partial charge in [-0.05, 0) is 18.1 Å². The van der Waals surface area contributed by atoms with Crippen molar-refractivity contribution in [3.05, 3.63) is 36.2 Å². The molecule has 0 atom stereocenters. The Morgan fingerprint density at radius 2 is 2.45 bits per heavy atom. The Balaban J connectivity index is 2.50. The Hall–Kier alpha value is -1.15. The van der Waals surface area contributed by atoms with E-state index in [9.17, 15) is 0 Å². The largest absolute Gasteiger partial charge is 0.396 e. The van der Waals surface area contributed by atoms with Gasteiger partial charge in [0.25, 0.3) is 0 Å². The molecule has 1 heterocycles. The van der Waals surface area contributed by atoms with Gasteiger partial charge in [0.05, 0.1) is 0 Å². The molecule has 0 fully saturated rings. The highest BCUT2D eigenvalue weighted by molar-refractivity contribution is 5.46. The van der Waals surface area contributed by atoms with Crippen LogP contribution in [0, 0.1) is 0 Å². The van der Waals surface area contributed by atoms with Crippen LogP contribution in [0.1, 0.15) is 12.0 Å². The number of hydrogen-bond acceptors (Lipinski definition) is 2. The second-order valence-corrected chi connectivity index (χ2v) is 2.20. The lowest BCUT2D eigenvalue weighted by atomic mass is 10.2. The van der Waals surface area contributed by atoms with Crippen molar-refractivity contribution in [2.24, 2.45) is 0 Å². The summed E-state index contributed by atoms with van der Waals surface area (Å²) in [6.45, 7) is 0.205. The number of hydrogen-bond donors (Lipinski definition) is 1. The summed E-state index contributed by atoms with van der Waals surface area (Å²) in [5.74, 6) is 0. The maximum absolute atomic E-state index is 8.48. The molecular weight excluding hydrogens is 138 g/mol. The fourth-order valence-corrected chi connectivity index (χ4v) is 0.769. The summed E-state index contributed by atoms with van der Waals surface area (Å²) in [4.78, 5) is 3.95. The van der Waals surface area contributed by atoms with Crippen molar-refractivity contribution < 1.29 is 5.11 Å². The second kappa shape index (κ2) is 4.63. The smallest absolute Gasteiger partial charge is 0.0465 e. The lowest BCUT2D eigenvalue weighted by Gasteiger charge is -1.88. The molecule has 0 aliphatic heterocycles. The summed E-state index contributed by atoms with van der Waals surface area (Å²) < 4.78 is 0.